The molecule has 1 aromatic heterocycles. The number of ether oxygens (including phenoxy) is 2. The number of hydrogen-bond donors (Lipinski definition) is 1. The molecule has 32 heavy (non-hydrogen) atoms. The minimum atomic E-state index is -0.321. The SMILES string of the molecule is COC(=O)c1ccc(CCN2CCCC(c3nn(-c4ccc(OC)cc4)c(=O)[nH]3)C2)cc1. The lowest BCUT2D eigenvalue weighted by Gasteiger charge is -2.31. The van der Waals surface area contributed by atoms with E-state index in [1.165, 1.54) is 17.4 Å². The number of H-pyrrole nitrogens is 1. The van der Waals surface area contributed by atoms with Crippen LogP contribution in [0.3, 0.4) is 0 Å². The summed E-state index contributed by atoms with van der Waals surface area (Å²) in [4.78, 5) is 29.4. The van der Waals surface area contributed by atoms with Gasteiger partial charge in [0, 0.05) is 19.0 Å². The Hall–Kier alpha value is -3.39. The van der Waals surface area contributed by atoms with Crippen molar-refractivity contribution in [2.75, 3.05) is 33.9 Å². The molecule has 8 heteroatoms. The Morgan fingerprint density at radius 2 is 1.88 bits per heavy atom. The Bertz CT molecular complexity index is 1100. The maximum Gasteiger partial charge on any atom is 0.348 e. The maximum absolute atomic E-state index is 12.5. The van der Waals surface area contributed by atoms with Crippen molar-refractivity contribution in [3.8, 4) is 11.4 Å². The first kappa shape index (κ1) is 21.8. The summed E-state index contributed by atoms with van der Waals surface area (Å²) in [5.74, 6) is 1.34. The molecule has 1 aliphatic heterocycles. The van der Waals surface area contributed by atoms with Gasteiger partial charge >= 0.3 is 11.7 Å². The molecule has 1 N–H and O–H groups in total. The van der Waals surface area contributed by atoms with Crippen LogP contribution in [-0.4, -0.2) is 59.5 Å². The van der Waals surface area contributed by atoms with E-state index in [2.05, 4.69) is 15.0 Å². The highest BCUT2D eigenvalue weighted by Gasteiger charge is 2.24. The molecule has 1 unspecified atom stereocenters. The molecule has 0 amide bonds. The van der Waals surface area contributed by atoms with Crippen molar-refractivity contribution in [2.24, 2.45) is 0 Å². The number of carbonyl (C=O) groups is 1. The van der Waals surface area contributed by atoms with Crippen molar-refractivity contribution in [3.63, 3.8) is 0 Å². The number of aromatic nitrogens is 3. The lowest BCUT2D eigenvalue weighted by Crippen LogP contribution is -2.36. The largest absolute Gasteiger partial charge is 0.497 e. The quantitative estimate of drug-likeness (QED) is 0.573. The Morgan fingerprint density at radius 3 is 2.56 bits per heavy atom. The van der Waals surface area contributed by atoms with E-state index in [0.717, 1.165) is 50.5 Å². The van der Waals surface area contributed by atoms with Crippen LogP contribution >= 0.6 is 0 Å². The lowest BCUT2D eigenvalue weighted by atomic mass is 9.97. The summed E-state index contributed by atoms with van der Waals surface area (Å²) in [5.41, 5.74) is 2.22. The van der Waals surface area contributed by atoms with Crippen molar-refractivity contribution in [2.45, 2.75) is 25.2 Å². The van der Waals surface area contributed by atoms with Gasteiger partial charge in [0.15, 0.2) is 0 Å². The summed E-state index contributed by atoms with van der Waals surface area (Å²) < 4.78 is 11.3. The number of hydrogen-bond acceptors (Lipinski definition) is 6. The standard InChI is InChI=1S/C24H28N4O4/c1-31-21-11-9-20(10-12-21)28-24(30)25-22(26-28)19-4-3-14-27(16-19)15-13-17-5-7-18(8-6-17)23(29)32-2/h5-12,19H,3-4,13-16H2,1-2H3,(H,25,26,30). The maximum atomic E-state index is 12.5. The number of aromatic amines is 1. The third-order valence-corrected chi connectivity index (χ3v) is 5.94. The second kappa shape index (κ2) is 9.82. The Balaban J connectivity index is 1.38. The number of esters is 1. The van der Waals surface area contributed by atoms with E-state index < -0.39 is 0 Å². The molecule has 3 aromatic rings. The van der Waals surface area contributed by atoms with Crippen molar-refractivity contribution >= 4 is 5.97 Å². The van der Waals surface area contributed by atoms with Gasteiger partial charge in [-0.05, 0) is 67.8 Å². The molecule has 8 nitrogen and oxygen atoms in total. The molecule has 0 radical (unpaired) electrons. The van der Waals surface area contributed by atoms with E-state index in [1.54, 1.807) is 19.2 Å². The van der Waals surface area contributed by atoms with Crippen molar-refractivity contribution < 1.29 is 14.3 Å². The summed E-state index contributed by atoms with van der Waals surface area (Å²) in [5, 5.41) is 4.58. The fourth-order valence-corrected chi connectivity index (χ4v) is 4.12. The molecular formula is C24H28N4O4. The van der Waals surface area contributed by atoms with Crippen LogP contribution in [0.2, 0.25) is 0 Å². The molecule has 0 aliphatic carbocycles. The van der Waals surface area contributed by atoms with E-state index in [9.17, 15) is 9.59 Å². The normalized spacial score (nSPS) is 16.6. The number of piperidine rings is 1. The van der Waals surface area contributed by atoms with Gasteiger partial charge in [-0.25, -0.2) is 9.59 Å². The monoisotopic (exact) mass is 436 g/mol. The van der Waals surface area contributed by atoms with E-state index >= 15 is 0 Å². The van der Waals surface area contributed by atoms with Crippen LogP contribution < -0.4 is 10.4 Å². The fourth-order valence-electron chi connectivity index (χ4n) is 4.12. The zero-order valence-electron chi connectivity index (χ0n) is 18.4. The predicted octanol–water partition coefficient (Wildman–Crippen LogP) is 2.78. The second-order valence-electron chi connectivity index (χ2n) is 8.00. The average Bonchev–Trinajstić information content (AvgIpc) is 3.24. The van der Waals surface area contributed by atoms with Crippen LogP contribution in [-0.2, 0) is 11.2 Å². The van der Waals surface area contributed by atoms with Crippen LogP contribution in [0, 0.1) is 0 Å². The summed E-state index contributed by atoms with van der Waals surface area (Å²) in [6, 6.07) is 14.8. The number of likely N-dealkylation sites (tertiary alicyclic amines) is 1. The lowest BCUT2D eigenvalue weighted by molar-refractivity contribution is 0.0600. The first-order chi connectivity index (χ1) is 15.6. The van der Waals surface area contributed by atoms with Crippen molar-refractivity contribution in [1.82, 2.24) is 19.7 Å². The van der Waals surface area contributed by atoms with Crippen molar-refractivity contribution in [3.05, 3.63) is 76.0 Å². The van der Waals surface area contributed by atoms with Gasteiger partial charge in [-0.3, -0.25) is 4.98 Å². The Kier molecular flexibility index (Phi) is 6.70. The number of nitrogens with zero attached hydrogens (tertiary/aromatic N) is 3. The summed E-state index contributed by atoms with van der Waals surface area (Å²) >= 11 is 0. The zero-order chi connectivity index (χ0) is 22.5. The summed E-state index contributed by atoms with van der Waals surface area (Å²) in [6.45, 7) is 2.80. The second-order valence-corrected chi connectivity index (χ2v) is 8.00. The van der Waals surface area contributed by atoms with Gasteiger partial charge in [0.2, 0.25) is 0 Å². The van der Waals surface area contributed by atoms with Crippen molar-refractivity contribution in [1.29, 1.82) is 0 Å². The number of nitrogens with one attached hydrogen (secondary N) is 1. The van der Waals surface area contributed by atoms with Gasteiger partial charge in [0.05, 0.1) is 25.5 Å². The molecular weight excluding hydrogens is 408 g/mol. The molecule has 1 atom stereocenters. The number of methoxy groups -OCH3 is 2. The minimum absolute atomic E-state index is 0.192. The van der Waals surface area contributed by atoms with Gasteiger partial charge in [-0.1, -0.05) is 12.1 Å². The van der Waals surface area contributed by atoms with Crippen LogP contribution in [0.15, 0.2) is 53.3 Å². The highest BCUT2D eigenvalue weighted by Crippen LogP contribution is 2.24. The van der Waals surface area contributed by atoms with Crippen LogP contribution in [0.4, 0.5) is 0 Å². The van der Waals surface area contributed by atoms with Gasteiger partial charge in [0.25, 0.3) is 0 Å². The number of benzene rings is 2. The molecule has 0 bridgehead atoms. The average molecular weight is 437 g/mol. The molecule has 0 spiro atoms. The molecule has 4 rings (SSSR count). The Morgan fingerprint density at radius 1 is 1.12 bits per heavy atom. The number of rotatable bonds is 7. The van der Waals surface area contributed by atoms with Gasteiger partial charge in [-0.15, -0.1) is 5.10 Å². The summed E-state index contributed by atoms with van der Waals surface area (Å²) in [6.07, 6.45) is 2.95. The van der Waals surface area contributed by atoms with E-state index in [0.29, 0.717) is 11.3 Å². The smallest absolute Gasteiger partial charge is 0.348 e. The molecule has 1 aliphatic rings. The third kappa shape index (κ3) is 4.91. The highest BCUT2D eigenvalue weighted by molar-refractivity contribution is 5.89. The van der Waals surface area contributed by atoms with E-state index in [-0.39, 0.29) is 17.6 Å². The predicted molar refractivity (Wildman–Crippen MR) is 121 cm³/mol. The minimum Gasteiger partial charge on any atom is -0.497 e. The van der Waals surface area contributed by atoms with E-state index in [1.807, 2.05) is 36.4 Å². The van der Waals surface area contributed by atoms with Crippen LogP contribution in [0.25, 0.3) is 5.69 Å². The van der Waals surface area contributed by atoms with E-state index in [4.69, 9.17) is 9.47 Å². The molecule has 2 aromatic carbocycles. The number of carbonyl (C=O) groups excluding carboxylic acids is 1. The van der Waals surface area contributed by atoms with Gasteiger partial charge in [0.1, 0.15) is 11.6 Å². The molecule has 168 valence electrons. The zero-order valence-corrected chi connectivity index (χ0v) is 18.4. The topological polar surface area (TPSA) is 89.4 Å². The third-order valence-electron chi connectivity index (χ3n) is 5.94. The molecule has 2 heterocycles. The van der Waals surface area contributed by atoms with Gasteiger partial charge < -0.3 is 14.4 Å². The highest BCUT2D eigenvalue weighted by atomic mass is 16.5. The van der Waals surface area contributed by atoms with Crippen LogP contribution in [0.5, 0.6) is 5.75 Å². The molecule has 1 fully saturated rings. The molecule has 0 saturated carbocycles. The summed E-state index contributed by atoms with van der Waals surface area (Å²) in [7, 11) is 3.00. The molecule has 1 saturated heterocycles. The fraction of sp³-hybridized carbons (Fsp3) is 0.375. The first-order valence-corrected chi connectivity index (χ1v) is 10.8. The Labute approximate surface area is 186 Å². The van der Waals surface area contributed by atoms with Crippen LogP contribution in [0.1, 0.15) is 40.5 Å². The van der Waals surface area contributed by atoms with Gasteiger partial charge in [-0.2, -0.15) is 4.68 Å². The first-order valence-electron chi connectivity index (χ1n) is 10.8.